The van der Waals surface area contributed by atoms with Crippen molar-refractivity contribution in [2.24, 2.45) is 5.41 Å². The Kier molecular flexibility index (Phi) is 3.79. The number of rotatable bonds is 6. The molecule has 0 radical (unpaired) electrons. The van der Waals surface area contributed by atoms with Gasteiger partial charge in [-0.2, -0.15) is 0 Å². The van der Waals surface area contributed by atoms with Crippen LogP contribution in [0.2, 0.25) is 0 Å². The zero-order chi connectivity index (χ0) is 13.1. The summed E-state index contributed by atoms with van der Waals surface area (Å²) in [6.45, 7) is 5.66. The number of benzene rings is 1. The summed E-state index contributed by atoms with van der Waals surface area (Å²) in [5.41, 5.74) is 4.94. The molecule has 1 heterocycles. The van der Waals surface area contributed by atoms with E-state index in [1.54, 1.807) is 0 Å². The van der Waals surface area contributed by atoms with Gasteiger partial charge in [-0.15, -0.1) is 0 Å². The Morgan fingerprint density at radius 3 is 3.00 bits per heavy atom. The fourth-order valence-corrected chi connectivity index (χ4v) is 3.33. The second-order valence-corrected chi connectivity index (χ2v) is 6.38. The van der Waals surface area contributed by atoms with Crippen LogP contribution in [-0.2, 0) is 13.0 Å². The van der Waals surface area contributed by atoms with Crippen molar-refractivity contribution in [2.45, 2.75) is 52.0 Å². The Morgan fingerprint density at radius 2 is 2.21 bits per heavy atom. The van der Waals surface area contributed by atoms with Gasteiger partial charge in [0.1, 0.15) is 0 Å². The Bertz CT molecular complexity index is 435. The first kappa shape index (κ1) is 13.0. The number of hydrogen-bond acceptors (Lipinski definition) is 2. The van der Waals surface area contributed by atoms with Gasteiger partial charge in [-0.05, 0) is 54.7 Å². The minimum Gasteiger partial charge on any atom is -0.385 e. The molecule has 0 atom stereocenters. The van der Waals surface area contributed by atoms with Crippen LogP contribution in [0.5, 0.6) is 0 Å². The maximum absolute atomic E-state index is 3.68. The Balaban J connectivity index is 1.53. The lowest BCUT2D eigenvalue weighted by Gasteiger charge is -2.19. The van der Waals surface area contributed by atoms with Gasteiger partial charge in [0.25, 0.3) is 0 Å². The van der Waals surface area contributed by atoms with Crippen LogP contribution in [0.3, 0.4) is 0 Å². The summed E-state index contributed by atoms with van der Waals surface area (Å²) in [5.74, 6) is 0. The highest BCUT2D eigenvalue weighted by molar-refractivity contribution is 5.54. The van der Waals surface area contributed by atoms with Crippen molar-refractivity contribution in [1.82, 2.24) is 5.32 Å². The molecule has 0 saturated heterocycles. The summed E-state index contributed by atoms with van der Waals surface area (Å²) >= 11 is 0. The van der Waals surface area contributed by atoms with Crippen molar-refractivity contribution in [3.05, 3.63) is 29.3 Å². The van der Waals surface area contributed by atoms with E-state index < -0.39 is 0 Å². The largest absolute Gasteiger partial charge is 0.385 e. The molecule has 0 spiro atoms. The van der Waals surface area contributed by atoms with Gasteiger partial charge in [0.2, 0.25) is 0 Å². The number of fused-ring (bicyclic) bond motifs is 1. The standard InChI is InChI=1S/C17H26N2/c1-2-7-17(8-9-17)13-18-12-14-5-6-16-15(11-14)4-3-10-19-16/h5-6,11,18-19H,2-4,7-10,12-13H2,1H3. The Labute approximate surface area is 117 Å². The van der Waals surface area contributed by atoms with Crippen molar-refractivity contribution < 1.29 is 0 Å². The summed E-state index contributed by atoms with van der Waals surface area (Å²) < 4.78 is 0. The fourth-order valence-electron chi connectivity index (χ4n) is 3.33. The molecule has 1 saturated carbocycles. The van der Waals surface area contributed by atoms with E-state index >= 15 is 0 Å². The first-order valence-corrected chi connectivity index (χ1v) is 7.88. The normalized spacial score (nSPS) is 19.6. The molecule has 0 amide bonds. The third kappa shape index (κ3) is 3.11. The van der Waals surface area contributed by atoms with E-state index in [9.17, 15) is 0 Å². The summed E-state index contributed by atoms with van der Waals surface area (Å²) in [6.07, 6.45) is 8.09. The predicted octanol–water partition coefficient (Wildman–Crippen LogP) is 3.71. The van der Waals surface area contributed by atoms with Gasteiger partial charge in [0.05, 0.1) is 0 Å². The van der Waals surface area contributed by atoms with Gasteiger partial charge < -0.3 is 10.6 Å². The Morgan fingerprint density at radius 1 is 1.32 bits per heavy atom. The topological polar surface area (TPSA) is 24.1 Å². The highest BCUT2D eigenvalue weighted by atomic mass is 14.9. The van der Waals surface area contributed by atoms with Crippen molar-refractivity contribution >= 4 is 5.69 Å². The summed E-state index contributed by atoms with van der Waals surface area (Å²) in [6, 6.07) is 6.90. The SMILES string of the molecule is CCCC1(CNCc2ccc3c(c2)CCCN3)CC1. The van der Waals surface area contributed by atoms with Crippen molar-refractivity contribution in [3.8, 4) is 0 Å². The molecule has 1 fully saturated rings. The maximum atomic E-state index is 3.68. The molecule has 1 aromatic carbocycles. The van der Waals surface area contributed by atoms with Crippen LogP contribution in [0.15, 0.2) is 18.2 Å². The van der Waals surface area contributed by atoms with Crippen LogP contribution in [0.4, 0.5) is 5.69 Å². The number of nitrogens with one attached hydrogen (secondary N) is 2. The van der Waals surface area contributed by atoms with Gasteiger partial charge in [-0.3, -0.25) is 0 Å². The molecule has 1 aliphatic carbocycles. The maximum Gasteiger partial charge on any atom is 0.0372 e. The average Bonchev–Trinajstić information content (AvgIpc) is 3.19. The van der Waals surface area contributed by atoms with Gasteiger partial charge in [0.15, 0.2) is 0 Å². The van der Waals surface area contributed by atoms with Crippen molar-refractivity contribution in [3.63, 3.8) is 0 Å². The van der Waals surface area contributed by atoms with Crippen LogP contribution in [-0.4, -0.2) is 13.1 Å². The second kappa shape index (κ2) is 5.54. The minimum absolute atomic E-state index is 0.657. The molecule has 2 aliphatic rings. The number of aryl methyl sites for hydroxylation is 1. The van der Waals surface area contributed by atoms with Gasteiger partial charge in [-0.1, -0.05) is 25.5 Å². The molecule has 0 bridgehead atoms. The summed E-state index contributed by atoms with van der Waals surface area (Å²) in [4.78, 5) is 0. The fraction of sp³-hybridized carbons (Fsp3) is 0.647. The molecule has 1 aromatic rings. The summed E-state index contributed by atoms with van der Waals surface area (Å²) in [7, 11) is 0. The first-order chi connectivity index (χ1) is 9.31. The second-order valence-electron chi connectivity index (χ2n) is 6.38. The van der Waals surface area contributed by atoms with E-state index in [2.05, 4.69) is 35.8 Å². The van der Waals surface area contributed by atoms with Crippen LogP contribution in [0, 0.1) is 5.41 Å². The molecule has 19 heavy (non-hydrogen) atoms. The zero-order valence-corrected chi connectivity index (χ0v) is 12.1. The van der Waals surface area contributed by atoms with Crippen LogP contribution < -0.4 is 10.6 Å². The molecule has 2 heteroatoms. The average molecular weight is 258 g/mol. The van der Waals surface area contributed by atoms with Gasteiger partial charge in [-0.25, -0.2) is 0 Å². The van der Waals surface area contributed by atoms with Gasteiger partial charge in [0, 0.05) is 25.3 Å². The van der Waals surface area contributed by atoms with Crippen molar-refractivity contribution in [1.29, 1.82) is 0 Å². The molecule has 104 valence electrons. The molecule has 3 rings (SSSR count). The van der Waals surface area contributed by atoms with Crippen LogP contribution in [0.1, 0.15) is 50.2 Å². The Hall–Kier alpha value is -1.02. The van der Waals surface area contributed by atoms with E-state index in [4.69, 9.17) is 0 Å². The molecule has 2 nitrogen and oxygen atoms in total. The predicted molar refractivity (Wildman–Crippen MR) is 81.5 cm³/mol. The lowest BCUT2D eigenvalue weighted by Crippen LogP contribution is -2.23. The monoisotopic (exact) mass is 258 g/mol. The summed E-state index contributed by atoms with van der Waals surface area (Å²) in [5, 5.41) is 7.15. The van der Waals surface area contributed by atoms with E-state index in [-0.39, 0.29) is 0 Å². The molecular weight excluding hydrogens is 232 g/mol. The van der Waals surface area contributed by atoms with E-state index in [0.717, 1.165) is 13.1 Å². The minimum atomic E-state index is 0.657. The number of anilines is 1. The van der Waals surface area contributed by atoms with E-state index in [0.29, 0.717) is 5.41 Å². The lowest BCUT2D eigenvalue weighted by atomic mass is 9.99. The molecule has 2 N–H and O–H groups in total. The third-order valence-electron chi connectivity index (χ3n) is 4.67. The van der Waals surface area contributed by atoms with Crippen LogP contribution >= 0.6 is 0 Å². The van der Waals surface area contributed by atoms with E-state index in [1.807, 2.05) is 0 Å². The quantitative estimate of drug-likeness (QED) is 0.812. The number of hydrogen-bond donors (Lipinski definition) is 2. The molecular formula is C17H26N2. The highest BCUT2D eigenvalue weighted by Crippen LogP contribution is 2.48. The first-order valence-electron chi connectivity index (χ1n) is 7.88. The highest BCUT2D eigenvalue weighted by Gasteiger charge is 2.40. The van der Waals surface area contributed by atoms with Crippen molar-refractivity contribution in [2.75, 3.05) is 18.4 Å². The third-order valence-corrected chi connectivity index (χ3v) is 4.67. The zero-order valence-electron chi connectivity index (χ0n) is 12.1. The smallest absolute Gasteiger partial charge is 0.0372 e. The lowest BCUT2D eigenvalue weighted by molar-refractivity contribution is 0.421. The molecule has 1 aliphatic heterocycles. The van der Waals surface area contributed by atoms with E-state index in [1.165, 1.54) is 61.9 Å². The molecule has 0 unspecified atom stereocenters. The van der Waals surface area contributed by atoms with Crippen LogP contribution in [0.25, 0.3) is 0 Å². The van der Waals surface area contributed by atoms with Gasteiger partial charge >= 0.3 is 0 Å². The molecule has 0 aromatic heterocycles.